The topological polar surface area (TPSA) is 6.48 Å². The van der Waals surface area contributed by atoms with Crippen LogP contribution in [0.1, 0.15) is 47.1 Å². The largest absolute Gasteiger partial charge is 0.422 e. The van der Waals surface area contributed by atoms with Gasteiger partial charge < -0.3 is 4.90 Å². The van der Waals surface area contributed by atoms with Crippen molar-refractivity contribution in [3.63, 3.8) is 0 Å². The van der Waals surface area contributed by atoms with Crippen molar-refractivity contribution < 1.29 is 123 Å². The fraction of sp³-hybridized carbons (Fsp3) is 0.238. The number of hydrogen-bond acceptors (Lipinski definition) is 2. The minimum Gasteiger partial charge on any atom is -0.323 e. The Balaban J connectivity index is 1.56. The summed E-state index contributed by atoms with van der Waals surface area (Å²) in [7, 11) is 0. The molecule has 3 atom stereocenters. The fourth-order valence-corrected chi connectivity index (χ4v) is 7.76. The van der Waals surface area contributed by atoms with Crippen molar-refractivity contribution in [1.29, 1.82) is 0 Å². The van der Waals surface area contributed by atoms with Crippen LogP contribution in [-0.2, 0) is 18.5 Å². The molecule has 0 bridgehead atoms. The molecule has 4 aromatic carbocycles. The summed E-state index contributed by atoms with van der Waals surface area (Å²) in [6, 6.07) is -2.31. The van der Waals surface area contributed by atoms with Gasteiger partial charge in [-0.1, -0.05) is 18.2 Å². The van der Waals surface area contributed by atoms with E-state index in [1.165, 1.54) is 0 Å². The molecule has 72 heavy (non-hydrogen) atoms. The van der Waals surface area contributed by atoms with E-state index < -0.39 is 208 Å². The van der Waals surface area contributed by atoms with E-state index in [1.807, 2.05) is 0 Å². The smallest absolute Gasteiger partial charge is 0.323 e. The molecule has 4 aromatic rings. The lowest BCUT2D eigenvalue weighted by Gasteiger charge is -2.40. The van der Waals surface area contributed by atoms with Gasteiger partial charge >= 0.3 is 24.7 Å². The average Bonchev–Trinajstić information content (AvgIpc) is 3.24. The number of halogens is 28. The van der Waals surface area contributed by atoms with Gasteiger partial charge in [0.2, 0.25) is 0 Å². The predicted octanol–water partition coefficient (Wildman–Crippen LogP) is 16.7. The van der Waals surface area contributed by atoms with Crippen LogP contribution in [-0.4, -0.2) is 18.4 Å². The molecule has 0 saturated carbocycles. The second-order valence-electron chi connectivity index (χ2n) is 15.2. The number of benzene rings is 4. The van der Waals surface area contributed by atoms with Crippen LogP contribution in [0.15, 0.2) is 64.7 Å². The van der Waals surface area contributed by atoms with Gasteiger partial charge in [-0.05, 0) is 49.1 Å². The molecular weight excluding hydrogens is 1060 g/mol. The molecule has 2 aliphatic carbocycles. The molecule has 6 rings (SSSR count). The Kier molecular flexibility index (Phi) is 13.9. The van der Waals surface area contributed by atoms with Crippen LogP contribution in [0.4, 0.5) is 146 Å². The van der Waals surface area contributed by atoms with Crippen LogP contribution in [0.2, 0.25) is 0 Å². The molecule has 390 valence electrons. The Bertz CT molecular complexity index is 2890. The van der Waals surface area contributed by atoms with E-state index in [9.17, 15) is 83.4 Å². The average molecular weight is 1080 g/mol. The second-order valence-corrected chi connectivity index (χ2v) is 15.2. The zero-order valence-electron chi connectivity index (χ0n) is 34.3. The summed E-state index contributed by atoms with van der Waals surface area (Å²) in [6.07, 6.45) is -29.3. The summed E-state index contributed by atoms with van der Waals surface area (Å²) >= 11 is 0. The number of anilines is 4. The van der Waals surface area contributed by atoms with Crippen molar-refractivity contribution in [2.24, 2.45) is 0 Å². The molecule has 30 heteroatoms. The van der Waals surface area contributed by atoms with Crippen LogP contribution in [0.5, 0.6) is 0 Å². The van der Waals surface area contributed by atoms with Crippen molar-refractivity contribution in [3.05, 3.63) is 162 Å². The summed E-state index contributed by atoms with van der Waals surface area (Å²) < 4.78 is 406. The lowest BCUT2D eigenvalue weighted by Crippen LogP contribution is -2.47. The monoisotopic (exact) mass is 1080 g/mol. The van der Waals surface area contributed by atoms with Gasteiger partial charge in [-0.15, -0.1) is 0 Å². The Morgan fingerprint density at radius 2 is 0.847 bits per heavy atom. The maximum Gasteiger partial charge on any atom is 0.422 e. The van der Waals surface area contributed by atoms with Crippen molar-refractivity contribution in [2.45, 2.75) is 63.1 Å². The molecule has 0 aromatic heterocycles. The Labute approximate surface area is 381 Å². The number of nitrogens with zero attached hydrogens (tertiary/aromatic N) is 2. The first kappa shape index (κ1) is 54.8. The highest BCUT2D eigenvalue weighted by atomic mass is 19.4. The molecule has 0 spiro atoms. The van der Waals surface area contributed by atoms with E-state index in [0.29, 0.717) is 37.3 Å². The van der Waals surface area contributed by atoms with Crippen molar-refractivity contribution in [1.82, 2.24) is 0 Å². The molecular formula is C42H16F28N2. The molecule has 0 heterocycles. The van der Waals surface area contributed by atoms with Gasteiger partial charge in [0, 0.05) is 17.3 Å². The molecule has 0 saturated heterocycles. The lowest BCUT2D eigenvalue weighted by molar-refractivity contribution is -0.144. The van der Waals surface area contributed by atoms with Crippen LogP contribution in [0.3, 0.4) is 0 Å². The third kappa shape index (κ3) is 8.83. The maximum atomic E-state index is 15.7. The molecule has 3 unspecified atom stereocenters. The Morgan fingerprint density at radius 1 is 0.472 bits per heavy atom. The number of allylic oxidation sites excluding steroid dienone is 5. The highest BCUT2D eigenvalue weighted by molar-refractivity contribution is 5.81. The molecule has 0 amide bonds. The van der Waals surface area contributed by atoms with Gasteiger partial charge in [0.05, 0.1) is 0 Å². The van der Waals surface area contributed by atoms with Crippen LogP contribution < -0.4 is 9.80 Å². The first-order valence-corrected chi connectivity index (χ1v) is 18.9. The zero-order chi connectivity index (χ0) is 54.7. The minimum atomic E-state index is -6.31. The molecule has 0 radical (unpaired) electrons. The van der Waals surface area contributed by atoms with Crippen molar-refractivity contribution >= 4 is 22.7 Å². The van der Waals surface area contributed by atoms with E-state index in [1.54, 1.807) is 0 Å². The van der Waals surface area contributed by atoms with Crippen molar-refractivity contribution in [3.8, 4) is 0 Å². The van der Waals surface area contributed by atoms with Crippen LogP contribution in [0, 0.1) is 76.7 Å². The number of rotatable bonds is 7. The lowest BCUT2D eigenvalue weighted by atomic mass is 9.85. The third-order valence-electron chi connectivity index (χ3n) is 10.9. The fourth-order valence-electron chi connectivity index (χ4n) is 7.76. The minimum absolute atomic E-state index is 0.308. The zero-order valence-corrected chi connectivity index (χ0v) is 34.3. The summed E-state index contributed by atoms with van der Waals surface area (Å²) in [6.45, 7) is 1.40. The Hall–Kier alpha value is -6.52. The van der Waals surface area contributed by atoms with E-state index >= 15 is 39.5 Å². The number of aryl methyl sites for hydroxylation is 1. The van der Waals surface area contributed by atoms with Gasteiger partial charge in [0.15, 0.2) is 93.5 Å². The normalized spacial score (nSPS) is 18.3. The molecule has 2 nitrogen and oxygen atoms in total. The number of alkyl halides is 13. The summed E-state index contributed by atoms with van der Waals surface area (Å²) in [5, 5.41) is 0. The molecule has 2 aliphatic rings. The van der Waals surface area contributed by atoms with Gasteiger partial charge in [-0.3, -0.25) is 4.90 Å². The van der Waals surface area contributed by atoms with Crippen LogP contribution in [0.25, 0.3) is 0 Å². The predicted molar refractivity (Wildman–Crippen MR) is 191 cm³/mol. The standard InChI is InChI=1S/C42H16F28N2/c1-9-7-11(3-5-13(9)71(35-27(51)19(43)15(39(59,60)61)20(44)28(35)52)36-29(53)21(45)16(40(62,63)64)22(46)30(36)54)12-4-6-14(10(2)8-12)72(37-31(55)23(47)17(41(65,66)67)24(48)32(37)56)38-33(57)25(49)18(42(68,69)70)26(50)34(38)58/h3-7,12,31,37H,8H2,1-2H3. The SMILES string of the molecule is CC1=C(N(c2c(F)c(F)c(C(F)(F)F)c(F)c2F)C2C(F)=C(F)C(C(F)(F)F)=C(F)C2F)C=CC(c2ccc(N(c3c(F)c(F)c(C(F)(F)F)c(F)c3F)c3c(F)c(F)c(C(F)(F)F)c(F)c3F)c(C)c2)C1. The third-order valence-corrected chi connectivity index (χ3v) is 10.9. The summed E-state index contributed by atoms with van der Waals surface area (Å²) in [4.78, 5) is -1.71. The second kappa shape index (κ2) is 18.2. The van der Waals surface area contributed by atoms with Gasteiger partial charge in [-0.25, -0.2) is 70.2 Å². The van der Waals surface area contributed by atoms with Crippen LogP contribution >= 0.6 is 0 Å². The van der Waals surface area contributed by atoms with E-state index in [2.05, 4.69) is 0 Å². The highest BCUT2D eigenvalue weighted by Gasteiger charge is 2.54. The maximum absolute atomic E-state index is 15.7. The van der Waals surface area contributed by atoms with Gasteiger partial charge in [0.25, 0.3) is 0 Å². The molecule has 0 aliphatic heterocycles. The first-order valence-electron chi connectivity index (χ1n) is 18.9. The quantitative estimate of drug-likeness (QED) is 0.134. The van der Waals surface area contributed by atoms with E-state index in [-0.39, 0.29) is 5.56 Å². The van der Waals surface area contributed by atoms with E-state index in [0.717, 1.165) is 6.92 Å². The molecule has 0 N–H and O–H groups in total. The van der Waals surface area contributed by atoms with Gasteiger partial charge in [0.1, 0.15) is 45.4 Å². The van der Waals surface area contributed by atoms with E-state index in [4.69, 9.17) is 0 Å². The summed E-state index contributed by atoms with van der Waals surface area (Å²) in [5.41, 5.74) is -26.0. The Morgan fingerprint density at radius 3 is 1.18 bits per heavy atom. The highest BCUT2D eigenvalue weighted by Crippen LogP contribution is 2.52. The molecule has 0 fully saturated rings. The van der Waals surface area contributed by atoms with Gasteiger partial charge in [-0.2, -0.15) is 52.7 Å². The first-order chi connectivity index (χ1) is 32.8. The number of hydrogen-bond donors (Lipinski definition) is 0. The van der Waals surface area contributed by atoms with Crippen molar-refractivity contribution in [2.75, 3.05) is 9.80 Å². The summed E-state index contributed by atoms with van der Waals surface area (Å²) in [5.74, 6) is -50.9.